The topological polar surface area (TPSA) is 131 Å². The van der Waals surface area contributed by atoms with Crippen molar-refractivity contribution in [3.05, 3.63) is 99.0 Å². The molecule has 0 bridgehead atoms. The number of likely N-dealkylation sites (tertiary alicyclic amines) is 1. The van der Waals surface area contributed by atoms with E-state index in [-0.39, 0.29) is 27.8 Å². The molecule has 42 heavy (non-hydrogen) atoms. The van der Waals surface area contributed by atoms with E-state index in [0.717, 1.165) is 22.3 Å². The van der Waals surface area contributed by atoms with Gasteiger partial charge in [-0.05, 0) is 53.6 Å². The maximum atomic E-state index is 14.3. The van der Waals surface area contributed by atoms with Gasteiger partial charge in [-0.15, -0.1) is 0 Å². The maximum absolute atomic E-state index is 14.3. The van der Waals surface area contributed by atoms with Crippen LogP contribution in [-0.4, -0.2) is 68.0 Å². The number of benzene rings is 3. The van der Waals surface area contributed by atoms with Crippen molar-refractivity contribution in [2.75, 3.05) is 31.3 Å². The molecule has 0 radical (unpaired) electrons. The third kappa shape index (κ3) is 5.46. The summed E-state index contributed by atoms with van der Waals surface area (Å²) < 4.78 is 24.8. The Hall–Kier alpha value is -3.95. The fraction of sp³-hybridized carbons (Fsp3) is 0.241. The molecule has 2 heterocycles. The van der Waals surface area contributed by atoms with Gasteiger partial charge in [0.25, 0.3) is 11.8 Å². The summed E-state index contributed by atoms with van der Waals surface area (Å²) in [4.78, 5) is 44.8. The van der Waals surface area contributed by atoms with Gasteiger partial charge in [0.1, 0.15) is 5.54 Å². The third-order valence-electron chi connectivity index (χ3n) is 7.58. The van der Waals surface area contributed by atoms with E-state index in [1.807, 2.05) is 9.62 Å². The van der Waals surface area contributed by atoms with Crippen LogP contribution in [0.5, 0.6) is 0 Å². The van der Waals surface area contributed by atoms with Crippen molar-refractivity contribution < 1.29 is 22.8 Å². The van der Waals surface area contributed by atoms with E-state index in [1.165, 1.54) is 35.2 Å². The first-order chi connectivity index (χ1) is 19.8. The van der Waals surface area contributed by atoms with Gasteiger partial charge in [0.2, 0.25) is 10.0 Å². The van der Waals surface area contributed by atoms with E-state index in [1.54, 1.807) is 43.4 Å². The first-order valence-electron chi connectivity index (χ1n) is 12.7. The number of sulfonamides is 1. The highest BCUT2D eigenvalue weighted by Crippen LogP contribution is 2.47. The number of halogens is 2. The lowest BCUT2D eigenvalue weighted by Crippen LogP contribution is -2.53. The van der Waals surface area contributed by atoms with Gasteiger partial charge in [0, 0.05) is 48.2 Å². The molecule has 0 aliphatic carbocycles. The van der Waals surface area contributed by atoms with Crippen LogP contribution in [-0.2, 0) is 21.4 Å². The van der Waals surface area contributed by atoms with E-state index >= 15 is 0 Å². The van der Waals surface area contributed by atoms with Crippen molar-refractivity contribution in [2.24, 2.45) is 0 Å². The van der Waals surface area contributed by atoms with Crippen molar-refractivity contribution >= 4 is 56.8 Å². The number of imide groups is 1. The smallest absolute Gasteiger partial charge is 0.310 e. The Labute approximate surface area is 253 Å². The summed E-state index contributed by atoms with van der Waals surface area (Å²) in [5.41, 5.74) is 1.27. The minimum absolute atomic E-state index is 0.185. The summed E-state index contributed by atoms with van der Waals surface area (Å²) >= 11 is 12.4. The zero-order chi connectivity index (χ0) is 30.4. The third-order valence-corrected chi connectivity index (χ3v) is 8.57. The molecule has 4 amide bonds. The summed E-state index contributed by atoms with van der Waals surface area (Å²) in [7, 11) is -2.10. The highest BCUT2D eigenvalue weighted by Gasteiger charge is 2.64. The number of carbonyl (C=O) groups excluding carboxylic acids is 3. The van der Waals surface area contributed by atoms with E-state index < -0.39 is 39.3 Å². The molecular formula is C29H25Cl2N5O5S. The van der Waals surface area contributed by atoms with Gasteiger partial charge >= 0.3 is 6.03 Å². The van der Waals surface area contributed by atoms with Gasteiger partial charge in [-0.2, -0.15) is 5.26 Å². The zero-order valence-electron chi connectivity index (χ0n) is 22.5. The number of urea groups is 1. The van der Waals surface area contributed by atoms with E-state index in [0.29, 0.717) is 18.7 Å². The van der Waals surface area contributed by atoms with Gasteiger partial charge in [-0.3, -0.25) is 14.5 Å². The lowest BCUT2D eigenvalue weighted by Gasteiger charge is -2.34. The van der Waals surface area contributed by atoms with Crippen molar-refractivity contribution in [2.45, 2.75) is 18.0 Å². The summed E-state index contributed by atoms with van der Waals surface area (Å²) in [5, 5.41) is 9.86. The Morgan fingerprint density at radius 1 is 1.05 bits per heavy atom. The fourth-order valence-electron chi connectivity index (χ4n) is 5.66. The largest absolute Gasteiger partial charge is 0.332 e. The van der Waals surface area contributed by atoms with Crippen LogP contribution in [0.15, 0.2) is 66.7 Å². The van der Waals surface area contributed by atoms with Gasteiger partial charge in [-0.25, -0.2) is 22.8 Å². The zero-order valence-corrected chi connectivity index (χ0v) is 24.9. The van der Waals surface area contributed by atoms with Crippen LogP contribution in [0, 0.1) is 11.3 Å². The van der Waals surface area contributed by atoms with E-state index in [2.05, 4.69) is 6.07 Å². The number of hydrogen-bond donors (Lipinski definition) is 1. The number of anilines is 1. The number of hydrogen-bond acceptors (Lipinski definition) is 7. The Morgan fingerprint density at radius 2 is 1.67 bits per heavy atom. The molecule has 0 unspecified atom stereocenters. The summed E-state index contributed by atoms with van der Waals surface area (Å²) in [6.07, 6.45) is 0.904. The lowest BCUT2D eigenvalue weighted by atomic mass is 9.80. The van der Waals surface area contributed by atoms with Crippen LogP contribution in [0.25, 0.3) is 0 Å². The normalized spacial score (nSPS) is 20.8. The fourth-order valence-corrected chi connectivity index (χ4v) is 6.63. The van der Waals surface area contributed by atoms with Gasteiger partial charge in [0.15, 0.2) is 0 Å². The molecule has 3 aromatic carbocycles. The molecule has 0 aromatic heterocycles. The number of amides is 4. The SMILES string of the molecule is CN1C(=O)N(c2cc(Cl)cc(Cl)c2)C(=O)[C@]12CN(Cc1ccc(C(=O)NS(C)(=O)=O)cc1)C[C@@H]2c1ccc(C#N)cc1. The number of nitriles is 1. The Kier molecular flexibility index (Phi) is 7.76. The second-order valence-corrected chi connectivity index (χ2v) is 13.0. The molecule has 3 aromatic rings. The summed E-state index contributed by atoms with van der Waals surface area (Å²) in [6.45, 7) is 1.01. The minimum Gasteiger partial charge on any atom is -0.310 e. The predicted octanol–water partition coefficient (Wildman–Crippen LogP) is 3.99. The van der Waals surface area contributed by atoms with Gasteiger partial charge in [-0.1, -0.05) is 47.5 Å². The van der Waals surface area contributed by atoms with E-state index in [4.69, 9.17) is 23.2 Å². The Balaban J connectivity index is 1.49. The first kappa shape index (κ1) is 29.5. The number of nitrogens with zero attached hydrogens (tertiary/aromatic N) is 4. The van der Waals surface area contributed by atoms with Crippen LogP contribution in [0.2, 0.25) is 10.0 Å². The first-order valence-corrected chi connectivity index (χ1v) is 15.4. The Bertz CT molecular complexity index is 1720. The van der Waals surface area contributed by atoms with Gasteiger partial charge < -0.3 is 4.90 Å². The molecule has 216 valence electrons. The molecule has 10 nitrogen and oxygen atoms in total. The van der Waals surface area contributed by atoms with Crippen LogP contribution in [0.1, 0.15) is 33.0 Å². The van der Waals surface area contributed by atoms with Crippen molar-refractivity contribution in [3.63, 3.8) is 0 Å². The second kappa shape index (κ2) is 11.0. The summed E-state index contributed by atoms with van der Waals surface area (Å²) in [6, 6.07) is 19.6. The average molecular weight is 627 g/mol. The standard InChI is InChI=1S/C29H25Cl2N5O5S/c1-34-28(39)36(24-12-22(30)11-23(31)13-24)27(38)29(34)17-35(16-25(29)20-7-3-18(14-32)4-8-20)15-19-5-9-21(10-6-19)26(37)33-42(2,40)41/h3-13,25H,15-17H2,1-2H3,(H,33,37)/t25-,29-/m1/s1. The lowest BCUT2D eigenvalue weighted by molar-refractivity contribution is -0.124. The second-order valence-electron chi connectivity index (χ2n) is 10.4. The number of carbonyl (C=O) groups is 3. The summed E-state index contributed by atoms with van der Waals surface area (Å²) in [5.74, 6) is -1.59. The van der Waals surface area contributed by atoms with Crippen LogP contribution in [0.3, 0.4) is 0 Å². The van der Waals surface area contributed by atoms with Crippen molar-refractivity contribution in [1.29, 1.82) is 5.26 Å². The van der Waals surface area contributed by atoms with Crippen LogP contribution >= 0.6 is 23.2 Å². The monoisotopic (exact) mass is 625 g/mol. The Morgan fingerprint density at radius 3 is 2.24 bits per heavy atom. The molecule has 2 aliphatic rings. The maximum Gasteiger partial charge on any atom is 0.332 e. The average Bonchev–Trinajstić information content (AvgIpc) is 3.39. The van der Waals surface area contributed by atoms with Crippen molar-refractivity contribution in [1.82, 2.24) is 14.5 Å². The van der Waals surface area contributed by atoms with E-state index in [9.17, 15) is 28.1 Å². The van der Waals surface area contributed by atoms with Gasteiger partial charge in [0.05, 0.1) is 23.6 Å². The molecule has 0 saturated carbocycles. The number of nitrogens with one attached hydrogen (secondary N) is 1. The molecule has 5 rings (SSSR count). The molecule has 2 aliphatic heterocycles. The molecule has 1 spiro atoms. The van der Waals surface area contributed by atoms with Crippen LogP contribution in [0.4, 0.5) is 10.5 Å². The minimum atomic E-state index is -3.70. The molecule has 2 saturated heterocycles. The molecular weight excluding hydrogens is 601 g/mol. The molecule has 2 fully saturated rings. The quantitative estimate of drug-likeness (QED) is 0.410. The van der Waals surface area contributed by atoms with Crippen molar-refractivity contribution in [3.8, 4) is 6.07 Å². The predicted molar refractivity (Wildman–Crippen MR) is 158 cm³/mol. The van der Waals surface area contributed by atoms with Crippen LogP contribution < -0.4 is 9.62 Å². The number of rotatable bonds is 6. The number of likely N-dealkylation sites (N-methyl/N-ethyl adjacent to an activating group) is 1. The highest BCUT2D eigenvalue weighted by molar-refractivity contribution is 7.89. The molecule has 1 N–H and O–H groups in total. The molecule has 13 heteroatoms. The highest BCUT2D eigenvalue weighted by atomic mass is 35.5. The molecule has 2 atom stereocenters.